The normalized spacial score (nSPS) is 19.7. The van der Waals surface area contributed by atoms with Crippen LogP contribution in [0.1, 0.15) is 0 Å². The Morgan fingerprint density at radius 2 is 2.05 bits per heavy atom. The van der Waals surface area contributed by atoms with Crippen molar-refractivity contribution in [3.63, 3.8) is 0 Å². The van der Waals surface area contributed by atoms with Crippen molar-refractivity contribution < 1.29 is 49.5 Å². The summed E-state index contributed by atoms with van der Waals surface area (Å²) in [5, 5.41) is 51.8. The molecule has 0 amide bonds. The van der Waals surface area contributed by atoms with Gasteiger partial charge in [0.2, 0.25) is 5.76 Å². The van der Waals surface area contributed by atoms with Crippen LogP contribution < -0.4 is 5.73 Å². The number of cyclic esters (lactones) is 1. The van der Waals surface area contributed by atoms with Crippen molar-refractivity contribution in [3.8, 4) is 0 Å². The van der Waals surface area contributed by atoms with Gasteiger partial charge in [-0.3, -0.25) is 4.79 Å². The van der Waals surface area contributed by atoms with Crippen LogP contribution in [0.2, 0.25) is 0 Å². The fraction of sp³-hybridized carbons (Fsp3) is 0.556. The van der Waals surface area contributed by atoms with Crippen LogP contribution in [0, 0.1) is 0 Å². The molecule has 0 saturated heterocycles. The molecule has 8 N–H and O–H groups in total. The topological polar surface area (TPSA) is 200 Å². The van der Waals surface area contributed by atoms with Crippen LogP contribution in [0.5, 0.6) is 0 Å². The summed E-state index contributed by atoms with van der Waals surface area (Å²) in [6.45, 7) is -0.750. The number of hydrogen-bond acceptors (Lipinski definition) is 11. The van der Waals surface area contributed by atoms with Crippen LogP contribution >= 0.6 is 12.6 Å². The molecule has 1 rings (SSSR count). The molecule has 1 aliphatic heterocycles. The maximum atomic E-state index is 10.8. The first-order valence-corrected chi connectivity index (χ1v) is 6.34. The summed E-state index contributed by atoms with van der Waals surface area (Å²) in [6, 6.07) is -0.816. The van der Waals surface area contributed by atoms with Crippen LogP contribution in [0.3, 0.4) is 0 Å². The Hall–Kier alpha value is -1.51. The predicted molar refractivity (Wildman–Crippen MR) is 73.4 cm³/mol. The second kappa shape index (κ2) is 9.50. The smallest absolute Gasteiger partial charge is 0.509 e. The monoisotopic (exact) mass is 341 g/mol. The van der Waals surface area contributed by atoms with E-state index in [9.17, 15) is 9.59 Å². The third-order valence-electron chi connectivity index (χ3n) is 2.20. The number of aliphatic hydroxyl groups excluding tert-OH is 3. The highest BCUT2D eigenvalue weighted by Crippen LogP contribution is 2.24. The standard InChI is InChI=1S/C6H9BO8.C3H7NO2S/c8-1-2(9)4-5(15-7(12)13)3(10)6(11)14-4;4-2(1-7)3(5)6/h2,4,8-10,12-13H,1H2;2,7H,1,4H2,(H,5,6)/t2-,4+;2-/m00/s1. The van der Waals surface area contributed by atoms with E-state index in [1.165, 1.54) is 0 Å². The molecule has 0 aliphatic carbocycles. The van der Waals surface area contributed by atoms with Crippen LogP contribution in [0.15, 0.2) is 11.5 Å². The predicted octanol–water partition coefficient (Wildman–Crippen LogP) is -3.65. The number of carboxylic acids is 1. The minimum atomic E-state index is -2.27. The van der Waals surface area contributed by atoms with Gasteiger partial charge >= 0.3 is 19.3 Å². The first kappa shape index (κ1) is 20.5. The average Bonchev–Trinajstić information content (AvgIpc) is 2.73. The average molecular weight is 341 g/mol. The molecular weight excluding hydrogens is 325 g/mol. The van der Waals surface area contributed by atoms with E-state index in [1.807, 2.05) is 0 Å². The molecule has 126 valence electrons. The molecule has 11 nitrogen and oxygen atoms in total. The van der Waals surface area contributed by atoms with Gasteiger partial charge in [-0.25, -0.2) is 4.79 Å². The first-order valence-electron chi connectivity index (χ1n) is 5.70. The molecule has 0 aromatic rings. The number of esters is 1. The first-order chi connectivity index (χ1) is 10.1. The lowest BCUT2D eigenvalue weighted by atomic mass is 10.1. The highest BCUT2D eigenvalue weighted by Gasteiger charge is 2.41. The largest absolute Gasteiger partial charge is 0.707 e. The molecule has 0 saturated carbocycles. The molecule has 0 radical (unpaired) electrons. The van der Waals surface area contributed by atoms with Crippen molar-refractivity contribution in [1.29, 1.82) is 0 Å². The van der Waals surface area contributed by atoms with E-state index in [-0.39, 0.29) is 5.75 Å². The number of thiol groups is 1. The number of nitrogens with two attached hydrogens (primary N) is 1. The van der Waals surface area contributed by atoms with E-state index >= 15 is 0 Å². The Morgan fingerprint density at radius 3 is 2.36 bits per heavy atom. The fourth-order valence-corrected chi connectivity index (χ4v) is 1.28. The van der Waals surface area contributed by atoms with Crippen molar-refractivity contribution in [3.05, 3.63) is 11.5 Å². The number of rotatable bonds is 6. The lowest BCUT2D eigenvalue weighted by Crippen LogP contribution is -2.34. The van der Waals surface area contributed by atoms with Gasteiger partial charge in [0.25, 0.3) is 0 Å². The highest BCUT2D eigenvalue weighted by atomic mass is 32.1. The summed E-state index contributed by atoms with van der Waals surface area (Å²) >= 11 is 3.65. The molecular formula is C9H16BNO10S. The molecule has 1 heterocycles. The number of aliphatic hydroxyl groups is 3. The zero-order chi connectivity index (χ0) is 17.4. The van der Waals surface area contributed by atoms with Gasteiger partial charge in [-0.15, -0.1) is 0 Å². The maximum absolute atomic E-state index is 10.8. The Labute approximate surface area is 130 Å². The Balaban J connectivity index is 0.000000534. The van der Waals surface area contributed by atoms with Gasteiger partial charge in [0.1, 0.15) is 12.1 Å². The minimum Gasteiger partial charge on any atom is -0.509 e. The van der Waals surface area contributed by atoms with Crippen molar-refractivity contribution in [2.45, 2.75) is 18.2 Å². The van der Waals surface area contributed by atoms with Crippen molar-refractivity contribution in [2.75, 3.05) is 12.4 Å². The van der Waals surface area contributed by atoms with Crippen LogP contribution in [0.4, 0.5) is 0 Å². The molecule has 22 heavy (non-hydrogen) atoms. The molecule has 0 spiro atoms. The summed E-state index contributed by atoms with van der Waals surface area (Å²) < 4.78 is 8.67. The summed E-state index contributed by atoms with van der Waals surface area (Å²) in [4.78, 5) is 20.6. The van der Waals surface area contributed by atoms with Gasteiger partial charge in [-0.2, -0.15) is 12.6 Å². The maximum Gasteiger partial charge on any atom is 0.707 e. The number of carbonyl (C=O) groups is 2. The van der Waals surface area contributed by atoms with E-state index in [1.54, 1.807) is 0 Å². The van der Waals surface area contributed by atoms with Crippen molar-refractivity contribution in [2.24, 2.45) is 5.73 Å². The van der Waals surface area contributed by atoms with Gasteiger partial charge in [0.15, 0.2) is 11.9 Å². The Bertz CT molecular complexity index is 431. The molecule has 0 unspecified atom stereocenters. The van der Waals surface area contributed by atoms with Gasteiger partial charge in [0.05, 0.1) is 6.61 Å². The van der Waals surface area contributed by atoms with Gasteiger partial charge < -0.3 is 45.6 Å². The fourth-order valence-electron chi connectivity index (χ4n) is 1.12. The van der Waals surface area contributed by atoms with Crippen molar-refractivity contribution >= 4 is 31.9 Å². The second-order valence-corrected chi connectivity index (χ2v) is 4.23. The lowest BCUT2D eigenvalue weighted by Gasteiger charge is -2.17. The number of aliphatic carboxylic acids is 1. The Kier molecular flexibility index (Phi) is 8.85. The number of hydrogen-bond donors (Lipinski definition) is 8. The SMILES string of the molecule is N[C@@H](CS)C(=O)O.O=C1O[C@H]([C@@H](O)CO)C(OB(O)O)=C1O. The number of carboxylic acid groups (broad SMARTS) is 1. The molecule has 0 fully saturated rings. The summed E-state index contributed by atoms with van der Waals surface area (Å²) in [5.41, 5.74) is 4.94. The van der Waals surface area contributed by atoms with E-state index in [0.29, 0.717) is 0 Å². The summed E-state index contributed by atoms with van der Waals surface area (Å²) in [6.07, 6.45) is -2.98. The van der Waals surface area contributed by atoms with Gasteiger partial charge in [0, 0.05) is 5.75 Å². The van der Waals surface area contributed by atoms with Gasteiger partial charge in [-0.05, 0) is 0 Å². The Morgan fingerprint density at radius 1 is 1.50 bits per heavy atom. The zero-order valence-corrected chi connectivity index (χ0v) is 12.0. The number of ether oxygens (including phenoxy) is 1. The summed E-state index contributed by atoms with van der Waals surface area (Å²) in [5.74, 6) is -3.59. The summed E-state index contributed by atoms with van der Waals surface area (Å²) in [7, 11) is -2.27. The third-order valence-corrected chi connectivity index (χ3v) is 2.60. The molecule has 3 atom stereocenters. The van der Waals surface area contributed by atoms with Gasteiger partial charge in [-0.1, -0.05) is 0 Å². The zero-order valence-electron chi connectivity index (χ0n) is 11.1. The van der Waals surface area contributed by atoms with E-state index < -0.39 is 55.6 Å². The second-order valence-electron chi connectivity index (χ2n) is 3.86. The highest BCUT2D eigenvalue weighted by molar-refractivity contribution is 7.80. The minimum absolute atomic E-state index is 0.190. The molecule has 0 bridgehead atoms. The molecule has 0 aromatic carbocycles. The van der Waals surface area contributed by atoms with E-state index in [2.05, 4.69) is 22.0 Å². The molecule has 1 aliphatic rings. The molecule has 13 heteroatoms. The lowest BCUT2D eigenvalue weighted by molar-refractivity contribution is -0.147. The van der Waals surface area contributed by atoms with Crippen LogP contribution in [0.25, 0.3) is 0 Å². The van der Waals surface area contributed by atoms with Crippen LogP contribution in [-0.4, -0.2) is 80.3 Å². The van der Waals surface area contributed by atoms with E-state index in [4.69, 9.17) is 36.2 Å². The molecule has 0 aromatic heterocycles. The van der Waals surface area contributed by atoms with Crippen molar-refractivity contribution in [1.82, 2.24) is 0 Å². The van der Waals surface area contributed by atoms with Crippen LogP contribution in [-0.2, 0) is 19.0 Å². The quantitative estimate of drug-likeness (QED) is 0.134. The number of carbonyl (C=O) groups excluding carboxylic acids is 1. The van der Waals surface area contributed by atoms with E-state index in [0.717, 1.165) is 0 Å². The third kappa shape index (κ3) is 6.09.